The molecular formula is C13H10BrClO2S. The molecule has 2 nitrogen and oxygen atoms in total. The predicted octanol–water partition coefficient (Wildman–Crippen LogP) is 4.57. The van der Waals surface area contributed by atoms with E-state index in [1.807, 2.05) is 30.3 Å². The maximum atomic E-state index is 11.4. The van der Waals surface area contributed by atoms with Crippen LogP contribution in [0.1, 0.15) is 16.4 Å². The van der Waals surface area contributed by atoms with E-state index in [0.29, 0.717) is 10.8 Å². The third-order valence-corrected chi connectivity index (χ3v) is 4.59. The van der Waals surface area contributed by atoms with Gasteiger partial charge in [-0.15, -0.1) is 11.3 Å². The summed E-state index contributed by atoms with van der Waals surface area (Å²) in [5.41, 5.74) is 0.787. The van der Waals surface area contributed by atoms with Crippen LogP contribution in [0.15, 0.2) is 40.9 Å². The lowest BCUT2D eigenvalue weighted by Crippen LogP contribution is -2.14. The molecule has 0 saturated heterocycles. The summed E-state index contributed by atoms with van der Waals surface area (Å²) in [5, 5.41) is 9.37. The van der Waals surface area contributed by atoms with E-state index in [4.69, 9.17) is 11.6 Å². The first-order valence-corrected chi connectivity index (χ1v) is 7.28. The topological polar surface area (TPSA) is 37.3 Å². The van der Waals surface area contributed by atoms with Gasteiger partial charge in [0.05, 0.1) is 10.3 Å². The van der Waals surface area contributed by atoms with Gasteiger partial charge in [0.25, 0.3) is 0 Å². The summed E-state index contributed by atoms with van der Waals surface area (Å²) in [6, 6.07) is 11.1. The Balaban J connectivity index is 2.30. The van der Waals surface area contributed by atoms with Gasteiger partial charge >= 0.3 is 5.97 Å². The molecule has 0 aliphatic rings. The van der Waals surface area contributed by atoms with E-state index in [0.717, 1.165) is 14.9 Å². The van der Waals surface area contributed by atoms with E-state index in [1.54, 1.807) is 6.07 Å². The molecule has 2 aromatic rings. The van der Waals surface area contributed by atoms with Crippen LogP contribution in [0, 0.1) is 0 Å². The third-order valence-electron chi connectivity index (χ3n) is 2.61. The minimum absolute atomic E-state index is 0.454. The lowest BCUT2D eigenvalue weighted by atomic mass is 9.95. The average molecular weight is 346 g/mol. The summed E-state index contributed by atoms with van der Waals surface area (Å²) in [5.74, 6) is -1.39. The number of hydrogen-bond donors (Lipinski definition) is 1. The van der Waals surface area contributed by atoms with Crippen molar-refractivity contribution in [3.05, 3.63) is 55.6 Å². The Morgan fingerprint density at radius 2 is 2.06 bits per heavy atom. The monoisotopic (exact) mass is 344 g/mol. The number of aliphatic carboxylic acids is 1. The first kappa shape index (κ1) is 13.6. The first-order valence-electron chi connectivity index (χ1n) is 5.29. The number of hydrogen-bond acceptors (Lipinski definition) is 2. The van der Waals surface area contributed by atoms with Crippen LogP contribution in [0.5, 0.6) is 0 Å². The quantitative estimate of drug-likeness (QED) is 0.881. The van der Waals surface area contributed by atoms with Crippen molar-refractivity contribution in [1.29, 1.82) is 0 Å². The van der Waals surface area contributed by atoms with Gasteiger partial charge in [0.15, 0.2) is 0 Å². The molecule has 0 amide bonds. The summed E-state index contributed by atoms with van der Waals surface area (Å²) in [7, 11) is 0. The Kier molecular flexibility index (Phi) is 4.43. The van der Waals surface area contributed by atoms with Crippen LogP contribution >= 0.6 is 38.9 Å². The molecule has 0 radical (unpaired) electrons. The van der Waals surface area contributed by atoms with Crippen LogP contribution in [-0.4, -0.2) is 11.1 Å². The molecule has 0 saturated carbocycles. The van der Waals surface area contributed by atoms with Gasteiger partial charge in [0.1, 0.15) is 0 Å². The van der Waals surface area contributed by atoms with Crippen molar-refractivity contribution in [2.75, 3.05) is 0 Å². The molecular weight excluding hydrogens is 336 g/mol. The second-order valence-electron chi connectivity index (χ2n) is 3.82. The lowest BCUT2D eigenvalue weighted by molar-refractivity contribution is -0.138. The molecule has 5 heteroatoms. The van der Waals surface area contributed by atoms with Crippen molar-refractivity contribution >= 4 is 44.8 Å². The number of rotatable bonds is 4. The number of benzene rings is 1. The summed E-state index contributed by atoms with van der Waals surface area (Å²) < 4.78 is 1.50. The van der Waals surface area contributed by atoms with E-state index in [9.17, 15) is 9.90 Å². The number of thiophene rings is 1. The molecule has 18 heavy (non-hydrogen) atoms. The zero-order valence-corrected chi connectivity index (χ0v) is 12.4. The molecule has 94 valence electrons. The lowest BCUT2D eigenvalue weighted by Gasteiger charge is -2.13. The van der Waals surface area contributed by atoms with Gasteiger partial charge in [0.2, 0.25) is 0 Å². The second-order valence-corrected chi connectivity index (χ2v) is 6.48. The molecule has 0 spiro atoms. The van der Waals surface area contributed by atoms with Gasteiger partial charge in [-0.1, -0.05) is 45.7 Å². The SMILES string of the molecule is O=C(O)C(Cc1ccc(Cl)s1)c1ccccc1Br. The number of carboxylic acids is 1. The Labute approximate surface area is 122 Å². The molecule has 0 bridgehead atoms. The normalized spacial score (nSPS) is 12.3. The van der Waals surface area contributed by atoms with Gasteiger partial charge in [-0.25, -0.2) is 0 Å². The molecule has 1 aromatic carbocycles. The minimum Gasteiger partial charge on any atom is -0.481 e. The highest BCUT2D eigenvalue weighted by Crippen LogP contribution is 2.31. The maximum Gasteiger partial charge on any atom is 0.311 e. The molecule has 0 fully saturated rings. The highest BCUT2D eigenvalue weighted by molar-refractivity contribution is 9.10. The molecule has 1 N–H and O–H groups in total. The van der Waals surface area contributed by atoms with Crippen molar-refractivity contribution in [3.63, 3.8) is 0 Å². The summed E-state index contributed by atoms with van der Waals surface area (Å²) in [6.07, 6.45) is 0.454. The minimum atomic E-state index is -0.827. The summed E-state index contributed by atoms with van der Waals surface area (Å²) >= 11 is 10.7. The van der Waals surface area contributed by atoms with Gasteiger partial charge in [-0.2, -0.15) is 0 Å². The third kappa shape index (κ3) is 3.13. The molecule has 1 aromatic heterocycles. The van der Waals surface area contributed by atoms with Gasteiger partial charge in [-0.05, 0) is 30.2 Å². The van der Waals surface area contributed by atoms with Crippen LogP contribution in [0.25, 0.3) is 0 Å². The Hall–Kier alpha value is -0.840. The van der Waals surface area contributed by atoms with Crippen LogP contribution in [-0.2, 0) is 11.2 Å². The van der Waals surface area contributed by atoms with Crippen LogP contribution < -0.4 is 0 Å². The zero-order valence-electron chi connectivity index (χ0n) is 9.27. The molecule has 1 unspecified atom stereocenters. The van der Waals surface area contributed by atoms with Crippen LogP contribution in [0.2, 0.25) is 4.34 Å². The number of carboxylic acid groups (broad SMARTS) is 1. The maximum absolute atomic E-state index is 11.4. The highest BCUT2D eigenvalue weighted by atomic mass is 79.9. The van der Waals surface area contributed by atoms with Gasteiger partial charge < -0.3 is 5.11 Å². The summed E-state index contributed by atoms with van der Waals surface area (Å²) in [4.78, 5) is 12.4. The van der Waals surface area contributed by atoms with Crippen molar-refractivity contribution in [3.8, 4) is 0 Å². The fourth-order valence-electron chi connectivity index (χ4n) is 1.75. The van der Waals surface area contributed by atoms with E-state index >= 15 is 0 Å². The standard InChI is InChI=1S/C13H10BrClO2S/c14-11-4-2-1-3-9(11)10(13(16)17)7-8-5-6-12(15)18-8/h1-6,10H,7H2,(H,16,17). The molecule has 1 atom stereocenters. The number of halogens is 2. The fraction of sp³-hybridized carbons (Fsp3) is 0.154. The fourth-order valence-corrected chi connectivity index (χ4v) is 3.44. The largest absolute Gasteiger partial charge is 0.481 e. The zero-order chi connectivity index (χ0) is 13.1. The van der Waals surface area contributed by atoms with E-state index in [2.05, 4.69) is 15.9 Å². The van der Waals surface area contributed by atoms with Crippen molar-refractivity contribution < 1.29 is 9.90 Å². The van der Waals surface area contributed by atoms with E-state index in [-0.39, 0.29) is 0 Å². The molecule has 1 heterocycles. The first-order chi connectivity index (χ1) is 8.58. The highest BCUT2D eigenvalue weighted by Gasteiger charge is 2.22. The van der Waals surface area contributed by atoms with E-state index in [1.165, 1.54) is 11.3 Å². The second kappa shape index (κ2) is 5.87. The van der Waals surface area contributed by atoms with Crippen LogP contribution in [0.3, 0.4) is 0 Å². The van der Waals surface area contributed by atoms with Crippen molar-refractivity contribution in [2.24, 2.45) is 0 Å². The van der Waals surface area contributed by atoms with Crippen molar-refractivity contribution in [2.45, 2.75) is 12.3 Å². The molecule has 0 aliphatic heterocycles. The predicted molar refractivity (Wildman–Crippen MR) is 77.6 cm³/mol. The molecule has 0 aliphatic carbocycles. The van der Waals surface area contributed by atoms with E-state index < -0.39 is 11.9 Å². The summed E-state index contributed by atoms with van der Waals surface area (Å²) in [6.45, 7) is 0. The Bertz CT molecular complexity index is 568. The Morgan fingerprint density at radius 3 is 2.61 bits per heavy atom. The van der Waals surface area contributed by atoms with Crippen LogP contribution in [0.4, 0.5) is 0 Å². The van der Waals surface area contributed by atoms with Gasteiger partial charge in [0, 0.05) is 9.35 Å². The average Bonchev–Trinajstić information content (AvgIpc) is 2.73. The smallest absolute Gasteiger partial charge is 0.311 e. The Morgan fingerprint density at radius 1 is 1.33 bits per heavy atom. The molecule has 2 rings (SSSR count). The van der Waals surface area contributed by atoms with Gasteiger partial charge in [-0.3, -0.25) is 4.79 Å². The number of carbonyl (C=O) groups is 1. The van der Waals surface area contributed by atoms with Crippen molar-refractivity contribution in [1.82, 2.24) is 0 Å².